The largest absolute Gasteiger partial charge is 0.497 e. The molecular formula is C24H18O5. The average molecular weight is 386 g/mol. The van der Waals surface area contributed by atoms with Gasteiger partial charge in [-0.3, -0.25) is 4.79 Å². The van der Waals surface area contributed by atoms with Crippen LogP contribution in [0.3, 0.4) is 0 Å². The lowest BCUT2D eigenvalue weighted by Crippen LogP contribution is -2.08. The molecule has 0 radical (unpaired) electrons. The van der Waals surface area contributed by atoms with E-state index in [1.807, 2.05) is 31.2 Å². The molecule has 0 aliphatic carbocycles. The zero-order valence-corrected chi connectivity index (χ0v) is 16.0. The molecule has 29 heavy (non-hydrogen) atoms. The SMILES string of the molecule is COc1cccc(C(=O)Oc2ccc3c(c2)OC(=Cc2cccc(C)c2)C3=O)c1. The number of ether oxygens (including phenoxy) is 3. The average Bonchev–Trinajstić information content (AvgIpc) is 3.02. The first-order valence-electron chi connectivity index (χ1n) is 9.05. The van der Waals surface area contributed by atoms with Crippen molar-refractivity contribution in [2.75, 3.05) is 7.11 Å². The van der Waals surface area contributed by atoms with Gasteiger partial charge in [-0.25, -0.2) is 4.79 Å². The van der Waals surface area contributed by atoms with Crippen LogP contribution in [0.5, 0.6) is 17.2 Å². The molecule has 0 saturated heterocycles. The Kier molecular flexibility index (Phi) is 4.87. The summed E-state index contributed by atoms with van der Waals surface area (Å²) in [4.78, 5) is 25.0. The van der Waals surface area contributed by atoms with Gasteiger partial charge in [-0.15, -0.1) is 0 Å². The third-order valence-corrected chi connectivity index (χ3v) is 4.50. The molecule has 5 nitrogen and oxygen atoms in total. The van der Waals surface area contributed by atoms with Crippen LogP contribution >= 0.6 is 0 Å². The summed E-state index contributed by atoms with van der Waals surface area (Å²) >= 11 is 0. The van der Waals surface area contributed by atoms with Crippen LogP contribution in [0.25, 0.3) is 6.08 Å². The third kappa shape index (κ3) is 3.89. The summed E-state index contributed by atoms with van der Waals surface area (Å²) in [7, 11) is 1.53. The summed E-state index contributed by atoms with van der Waals surface area (Å²) in [5.41, 5.74) is 2.77. The van der Waals surface area contributed by atoms with Crippen LogP contribution in [0.15, 0.2) is 72.5 Å². The Hall–Kier alpha value is -3.86. The molecule has 0 unspecified atom stereocenters. The van der Waals surface area contributed by atoms with Crippen molar-refractivity contribution in [1.29, 1.82) is 0 Å². The zero-order valence-electron chi connectivity index (χ0n) is 16.0. The Balaban J connectivity index is 1.55. The number of rotatable bonds is 4. The molecule has 0 fully saturated rings. The molecule has 1 heterocycles. The number of benzene rings is 3. The number of carbonyl (C=O) groups is 2. The van der Waals surface area contributed by atoms with E-state index in [0.29, 0.717) is 28.4 Å². The van der Waals surface area contributed by atoms with Gasteiger partial charge in [0.25, 0.3) is 0 Å². The van der Waals surface area contributed by atoms with E-state index in [4.69, 9.17) is 14.2 Å². The molecule has 0 atom stereocenters. The standard InChI is InChI=1S/C24H18O5/c1-15-5-3-6-16(11-15)12-22-23(25)20-10-9-19(14-21(20)29-22)28-24(26)17-7-4-8-18(13-17)27-2/h3-14H,1-2H3. The molecule has 4 rings (SSSR count). The predicted octanol–water partition coefficient (Wildman–Crippen LogP) is 4.84. The van der Waals surface area contributed by atoms with Gasteiger partial charge < -0.3 is 14.2 Å². The lowest BCUT2D eigenvalue weighted by molar-refractivity contribution is 0.0734. The molecular weight excluding hydrogens is 368 g/mol. The fourth-order valence-electron chi connectivity index (χ4n) is 3.06. The van der Waals surface area contributed by atoms with Gasteiger partial charge in [0.05, 0.1) is 18.2 Å². The van der Waals surface area contributed by atoms with Crippen molar-refractivity contribution in [2.24, 2.45) is 0 Å². The smallest absolute Gasteiger partial charge is 0.343 e. The topological polar surface area (TPSA) is 61.8 Å². The molecule has 0 aromatic heterocycles. The van der Waals surface area contributed by atoms with Crippen LogP contribution in [0, 0.1) is 6.92 Å². The Morgan fingerprint density at radius 1 is 0.966 bits per heavy atom. The van der Waals surface area contributed by atoms with E-state index in [2.05, 4.69) is 0 Å². The summed E-state index contributed by atoms with van der Waals surface area (Å²) in [5.74, 6) is 0.733. The quantitative estimate of drug-likeness (QED) is 0.365. The van der Waals surface area contributed by atoms with E-state index in [1.54, 1.807) is 48.5 Å². The summed E-state index contributed by atoms with van der Waals surface area (Å²) in [6.07, 6.45) is 1.71. The number of carbonyl (C=O) groups excluding carboxylic acids is 2. The maximum atomic E-state index is 12.6. The van der Waals surface area contributed by atoms with Gasteiger partial charge in [-0.05, 0) is 48.9 Å². The van der Waals surface area contributed by atoms with Crippen LogP contribution in [0.4, 0.5) is 0 Å². The minimum absolute atomic E-state index is 0.202. The molecule has 0 bridgehead atoms. The lowest BCUT2D eigenvalue weighted by atomic mass is 10.1. The van der Waals surface area contributed by atoms with Gasteiger partial charge in [0, 0.05) is 6.07 Å². The highest BCUT2D eigenvalue weighted by Crippen LogP contribution is 2.35. The van der Waals surface area contributed by atoms with Crippen LogP contribution < -0.4 is 14.2 Å². The summed E-state index contributed by atoms with van der Waals surface area (Å²) in [6, 6.07) is 19.2. The van der Waals surface area contributed by atoms with Crippen molar-refractivity contribution < 1.29 is 23.8 Å². The van der Waals surface area contributed by atoms with Crippen molar-refractivity contribution in [1.82, 2.24) is 0 Å². The fraction of sp³-hybridized carbons (Fsp3) is 0.0833. The molecule has 0 N–H and O–H groups in total. The molecule has 0 spiro atoms. The van der Waals surface area contributed by atoms with Crippen molar-refractivity contribution in [3.8, 4) is 17.2 Å². The van der Waals surface area contributed by atoms with Crippen molar-refractivity contribution in [2.45, 2.75) is 6.92 Å². The number of allylic oxidation sites excluding steroid dienone is 1. The molecule has 0 saturated carbocycles. The van der Waals surface area contributed by atoms with E-state index >= 15 is 0 Å². The fourth-order valence-corrected chi connectivity index (χ4v) is 3.06. The molecule has 3 aromatic carbocycles. The first-order chi connectivity index (χ1) is 14.0. The van der Waals surface area contributed by atoms with Gasteiger partial charge in [-0.1, -0.05) is 35.9 Å². The Labute approximate surface area is 168 Å². The van der Waals surface area contributed by atoms with Crippen LogP contribution in [-0.4, -0.2) is 18.9 Å². The number of methoxy groups -OCH3 is 1. The Morgan fingerprint density at radius 3 is 2.59 bits per heavy atom. The summed E-state index contributed by atoms with van der Waals surface area (Å²) in [6.45, 7) is 1.98. The lowest BCUT2D eigenvalue weighted by Gasteiger charge is -2.07. The number of ketones is 1. The van der Waals surface area contributed by atoms with Gasteiger partial charge in [0.2, 0.25) is 5.78 Å². The highest BCUT2D eigenvalue weighted by molar-refractivity contribution is 6.14. The molecule has 1 aliphatic heterocycles. The number of hydrogen-bond acceptors (Lipinski definition) is 5. The Bertz CT molecular complexity index is 1140. The number of aryl methyl sites for hydroxylation is 1. The first-order valence-corrected chi connectivity index (χ1v) is 9.05. The van der Waals surface area contributed by atoms with E-state index in [9.17, 15) is 9.59 Å². The van der Waals surface area contributed by atoms with Gasteiger partial charge >= 0.3 is 5.97 Å². The van der Waals surface area contributed by atoms with E-state index in [1.165, 1.54) is 7.11 Å². The van der Waals surface area contributed by atoms with E-state index in [0.717, 1.165) is 11.1 Å². The number of fused-ring (bicyclic) bond motifs is 1. The zero-order chi connectivity index (χ0) is 20.4. The second-order valence-corrected chi connectivity index (χ2v) is 6.63. The summed E-state index contributed by atoms with van der Waals surface area (Å²) in [5, 5.41) is 0. The Morgan fingerprint density at radius 2 is 1.79 bits per heavy atom. The number of esters is 1. The minimum Gasteiger partial charge on any atom is -0.497 e. The molecule has 5 heteroatoms. The van der Waals surface area contributed by atoms with Gasteiger partial charge in [0.15, 0.2) is 5.76 Å². The molecule has 1 aliphatic rings. The molecule has 3 aromatic rings. The maximum Gasteiger partial charge on any atom is 0.343 e. The second-order valence-electron chi connectivity index (χ2n) is 6.63. The van der Waals surface area contributed by atoms with Gasteiger partial charge in [0.1, 0.15) is 17.2 Å². The summed E-state index contributed by atoms with van der Waals surface area (Å²) < 4.78 is 16.3. The predicted molar refractivity (Wildman–Crippen MR) is 109 cm³/mol. The highest BCUT2D eigenvalue weighted by Gasteiger charge is 2.28. The maximum absolute atomic E-state index is 12.6. The molecule has 0 amide bonds. The monoisotopic (exact) mass is 386 g/mol. The van der Waals surface area contributed by atoms with E-state index in [-0.39, 0.29) is 11.5 Å². The van der Waals surface area contributed by atoms with Crippen LogP contribution in [0.2, 0.25) is 0 Å². The van der Waals surface area contributed by atoms with Crippen LogP contribution in [-0.2, 0) is 0 Å². The highest BCUT2D eigenvalue weighted by atomic mass is 16.5. The number of hydrogen-bond donors (Lipinski definition) is 0. The van der Waals surface area contributed by atoms with Gasteiger partial charge in [-0.2, -0.15) is 0 Å². The third-order valence-electron chi connectivity index (χ3n) is 4.50. The van der Waals surface area contributed by atoms with Crippen LogP contribution in [0.1, 0.15) is 31.8 Å². The molecule has 144 valence electrons. The van der Waals surface area contributed by atoms with Crippen molar-refractivity contribution in [3.05, 3.63) is 94.7 Å². The minimum atomic E-state index is -0.524. The van der Waals surface area contributed by atoms with E-state index < -0.39 is 5.97 Å². The second kappa shape index (κ2) is 7.64. The normalized spacial score (nSPS) is 13.7. The van der Waals surface area contributed by atoms with Crippen molar-refractivity contribution >= 4 is 17.8 Å². The first kappa shape index (κ1) is 18.5. The van der Waals surface area contributed by atoms with Crippen molar-refractivity contribution in [3.63, 3.8) is 0 Å². The number of Topliss-reactive ketones (excluding diaryl/α,β-unsaturated/α-hetero) is 1.